The molecule has 0 bridgehead atoms. The van der Waals surface area contributed by atoms with Gasteiger partial charge in [-0.05, 0) is 43.3 Å². The molecule has 29 heavy (non-hydrogen) atoms. The number of methoxy groups -OCH3 is 1. The molecule has 3 N–H and O–H groups in total. The number of benzene rings is 2. The SMILES string of the molecule is COc1ccc(NC(=O)CSCC(=O)NNC(=O)CSc2ccc(C)cc2)cc1. The van der Waals surface area contributed by atoms with Gasteiger partial charge in [-0.25, -0.2) is 0 Å². The van der Waals surface area contributed by atoms with Crippen LogP contribution in [0.4, 0.5) is 5.69 Å². The van der Waals surface area contributed by atoms with Gasteiger partial charge < -0.3 is 10.1 Å². The Labute approximate surface area is 178 Å². The van der Waals surface area contributed by atoms with E-state index in [-0.39, 0.29) is 35.0 Å². The molecule has 7 nitrogen and oxygen atoms in total. The van der Waals surface area contributed by atoms with E-state index >= 15 is 0 Å². The van der Waals surface area contributed by atoms with Crippen LogP contribution in [-0.4, -0.2) is 42.1 Å². The lowest BCUT2D eigenvalue weighted by Crippen LogP contribution is -2.43. The predicted octanol–water partition coefficient (Wildman–Crippen LogP) is 2.62. The van der Waals surface area contributed by atoms with Gasteiger partial charge in [-0.15, -0.1) is 23.5 Å². The molecule has 0 saturated heterocycles. The summed E-state index contributed by atoms with van der Waals surface area (Å²) in [6, 6.07) is 14.8. The molecule has 2 rings (SSSR count). The zero-order valence-electron chi connectivity index (χ0n) is 16.2. The number of hydrogen-bond donors (Lipinski definition) is 3. The van der Waals surface area contributed by atoms with Crippen LogP contribution in [0.25, 0.3) is 0 Å². The highest BCUT2D eigenvalue weighted by atomic mass is 32.2. The van der Waals surface area contributed by atoms with Gasteiger partial charge in [0.25, 0.3) is 0 Å². The van der Waals surface area contributed by atoms with Gasteiger partial charge in [-0.3, -0.25) is 25.2 Å². The fourth-order valence-electron chi connectivity index (χ4n) is 2.10. The largest absolute Gasteiger partial charge is 0.497 e. The fraction of sp³-hybridized carbons (Fsp3) is 0.250. The molecule has 0 fully saturated rings. The van der Waals surface area contributed by atoms with Crippen molar-refractivity contribution in [3.8, 4) is 5.75 Å². The van der Waals surface area contributed by atoms with E-state index < -0.39 is 0 Å². The summed E-state index contributed by atoms with van der Waals surface area (Å²) in [5.41, 5.74) is 6.52. The van der Waals surface area contributed by atoms with Crippen molar-refractivity contribution in [2.24, 2.45) is 0 Å². The number of carbonyl (C=O) groups excluding carboxylic acids is 3. The second-order valence-corrected chi connectivity index (χ2v) is 8.00. The molecular formula is C20H23N3O4S2. The minimum atomic E-state index is -0.374. The van der Waals surface area contributed by atoms with Crippen molar-refractivity contribution in [2.45, 2.75) is 11.8 Å². The maximum Gasteiger partial charge on any atom is 0.248 e. The number of anilines is 1. The van der Waals surface area contributed by atoms with Crippen LogP contribution in [-0.2, 0) is 14.4 Å². The first kappa shape index (κ1) is 22.6. The van der Waals surface area contributed by atoms with E-state index in [0.29, 0.717) is 11.4 Å². The van der Waals surface area contributed by atoms with E-state index in [4.69, 9.17) is 4.74 Å². The second kappa shape index (κ2) is 12.0. The minimum Gasteiger partial charge on any atom is -0.497 e. The van der Waals surface area contributed by atoms with E-state index in [0.717, 1.165) is 22.2 Å². The molecule has 0 aromatic heterocycles. The lowest BCUT2D eigenvalue weighted by molar-refractivity contribution is -0.126. The summed E-state index contributed by atoms with van der Waals surface area (Å²) in [7, 11) is 1.57. The Morgan fingerprint density at radius 3 is 2.03 bits per heavy atom. The number of ether oxygens (including phenoxy) is 1. The van der Waals surface area contributed by atoms with E-state index in [9.17, 15) is 14.4 Å². The van der Waals surface area contributed by atoms with Crippen molar-refractivity contribution >= 4 is 46.9 Å². The molecule has 2 aromatic rings. The van der Waals surface area contributed by atoms with Crippen molar-refractivity contribution in [3.05, 3.63) is 54.1 Å². The Hall–Kier alpha value is -2.65. The lowest BCUT2D eigenvalue weighted by Gasteiger charge is -2.08. The van der Waals surface area contributed by atoms with Crippen molar-refractivity contribution in [2.75, 3.05) is 29.7 Å². The van der Waals surface area contributed by atoms with Crippen LogP contribution < -0.4 is 20.9 Å². The molecule has 3 amide bonds. The summed E-state index contributed by atoms with van der Waals surface area (Å²) in [5, 5.41) is 2.73. The van der Waals surface area contributed by atoms with E-state index in [1.807, 2.05) is 31.2 Å². The van der Waals surface area contributed by atoms with Gasteiger partial charge in [0.15, 0.2) is 0 Å². The minimum absolute atomic E-state index is 0.0570. The van der Waals surface area contributed by atoms with Crippen LogP contribution >= 0.6 is 23.5 Å². The molecule has 0 aliphatic carbocycles. The molecule has 0 saturated carbocycles. The van der Waals surface area contributed by atoms with Gasteiger partial charge in [0.05, 0.1) is 24.4 Å². The Bertz CT molecular complexity index is 827. The molecule has 0 aliphatic heterocycles. The molecule has 0 radical (unpaired) electrons. The summed E-state index contributed by atoms with van der Waals surface area (Å²) in [6.45, 7) is 2.00. The zero-order chi connectivity index (χ0) is 21.1. The predicted molar refractivity (Wildman–Crippen MR) is 117 cm³/mol. The third-order valence-electron chi connectivity index (χ3n) is 3.57. The normalized spacial score (nSPS) is 10.1. The molecule has 0 heterocycles. The molecule has 0 unspecified atom stereocenters. The number of nitrogens with one attached hydrogen (secondary N) is 3. The average Bonchev–Trinajstić information content (AvgIpc) is 2.72. The Morgan fingerprint density at radius 1 is 0.828 bits per heavy atom. The van der Waals surface area contributed by atoms with Gasteiger partial charge >= 0.3 is 0 Å². The number of rotatable bonds is 9. The molecule has 0 aliphatic rings. The van der Waals surface area contributed by atoms with E-state index in [2.05, 4.69) is 16.2 Å². The first-order valence-corrected chi connectivity index (χ1v) is 10.9. The van der Waals surface area contributed by atoms with E-state index in [1.54, 1.807) is 31.4 Å². The van der Waals surface area contributed by atoms with Gasteiger partial charge in [0, 0.05) is 10.6 Å². The fourth-order valence-corrected chi connectivity index (χ4v) is 3.42. The van der Waals surface area contributed by atoms with Gasteiger partial charge in [-0.1, -0.05) is 17.7 Å². The number of carbonyl (C=O) groups is 3. The average molecular weight is 434 g/mol. The number of hydrazine groups is 1. The topological polar surface area (TPSA) is 96.5 Å². The lowest BCUT2D eigenvalue weighted by atomic mass is 10.2. The number of thioether (sulfide) groups is 2. The maximum atomic E-state index is 11.9. The van der Waals surface area contributed by atoms with Crippen molar-refractivity contribution < 1.29 is 19.1 Å². The number of hydrogen-bond acceptors (Lipinski definition) is 6. The highest BCUT2D eigenvalue weighted by Gasteiger charge is 2.08. The molecule has 154 valence electrons. The van der Waals surface area contributed by atoms with Gasteiger partial charge in [0.2, 0.25) is 17.7 Å². The summed E-state index contributed by atoms with van der Waals surface area (Å²) in [5.74, 6) is 0.186. The molecule has 0 atom stereocenters. The van der Waals surface area contributed by atoms with Crippen LogP contribution in [0.15, 0.2) is 53.4 Å². The summed E-state index contributed by atoms with van der Waals surface area (Å²) in [6.07, 6.45) is 0. The quantitative estimate of drug-likeness (QED) is 0.416. The van der Waals surface area contributed by atoms with E-state index in [1.165, 1.54) is 11.8 Å². The van der Waals surface area contributed by atoms with Crippen LogP contribution in [0.2, 0.25) is 0 Å². The van der Waals surface area contributed by atoms with Gasteiger partial charge in [-0.2, -0.15) is 0 Å². The third-order valence-corrected chi connectivity index (χ3v) is 5.52. The Balaban J connectivity index is 1.58. The highest BCUT2D eigenvalue weighted by Crippen LogP contribution is 2.17. The smallest absolute Gasteiger partial charge is 0.248 e. The molecule has 2 aromatic carbocycles. The summed E-state index contributed by atoms with van der Waals surface area (Å²) in [4.78, 5) is 36.4. The summed E-state index contributed by atoms with van der Waals surface area (Å²) < 4.78 is 5.05. The highest BCUT2D eigenvalue weighted by molar-refractivity contribution is 8.00. The standard InChI is InChI=1S/C20H23N3O4S2/c1-14-3-9-17(10-4-14)29-13-20(26)23-22-19(25)12-28-11-18(24)21-15-5-7-16(27-2)8-6-15/h3-10H,11-13H2,1-2H3,(H,21,24)(H,22,25)(H,23,26). The maximum absolute atomic E-state index is 11.9. The van der Waals surface area contributed by atoms with Crippen LogP contribution in [0.3, 0.4) is 0 Å². The van der Waals surface area contributed by atoms with Crippen molar-refractivity contribution in [3.63, 3.8) is 0 Å². The third kappa shape index (κ3) is 8.93. The molecule has 0 spiro atoms. The molecule has 9 heteroatoms. The number of aryl methyl sites for hydroxylation is 1. The van der Waals surface area contributed by atoms with Crippen LogP contribution in [0.1, 0.15) is 5.56 Å². The second-order valence-electron chi connectivity index (χ2n) is 5.97. The summed E-state index contributed by atoms with van der Waals surface area (Å²) >= 11 is 2.54. The van der Waals surface area contributed by atoms with Gasteiger partial charge in [0.1, 0.15) is 5.75 Å². The van der Waals surface area contributed by atoms with Crippen molar-refractivity contribution in [1.29, 1.82) is 0 Å². The van der Waals surface area contributed by atoms with Crippen LogP contribution in [0, 0.1) is 6.92 Å². The number of amides is 3. The first-order chi connectivity index (χ1) is 14.0. The Morgan fingerprint density at radius 2 is 1.41 bits per heavy atom. The van der Waals surface area contributed by atoms with Crippen LogP contribution in [0.5, 0.6) is 5.75 Å². The first-order valence-electron chi connectivity index (χ1n) is 8.75. The van der Waals surface area contributed by atoms with Crippen molar-refractivity contribution in [1.82, 2.24) is 10.9 Å². The molecular weight excluding hydrogens is 410 g/mol. The monoisotopic (exact) mass is 433 g/mol. The Kier molecular flexibility index (Phi) is 9.39. The zero-order valence-corrected chi connectivity index (χ0v) is 17.8.